The predicted molar refractivity (Wildman–Crippen MR) is 81.0 cm³/mol. The van der Waals surface area contributed by atoms with E-state index in [0.717, 1.165) is 32.2 Å². The first-order chi connectivity index (χ1) is 9.18. The first-order valence-electron chi connectivity index (χ1n) is 7.33. The number of nitrogens with one attached hydrogen (secondary N) is 1. The van der Waals surface area contributed by atoms with E-state index in [-0.39, 0.29) is 0 Å². The van der Waals surface area contributed by atoms with Crippen molar-refractivity contribution in [1.82, 2.24) is 5.32 Å². The topological polar surface area (TPSA) is 32.3 Å². The Morgan fingerprint density at radius 2 is 1.89 bits per heavy atom. The van der Waals surface area contributed by atoms with E-state index >= 15 is 0 Å². The van der Waals surface area contributed by atoms with Gasteiger partial charge < -0.3 is 10.4 Å². The minimum Gasteiger partial charge on any atom is -0.389 e. The Morgan fingerprint density at radius 1 is 1.21 bits per heavy atom. The van der Waals surface area contributed by atoms with Gasteiger partial charge in [0.2, 0.25) is 0 Å². The highest BCUT2D eigenvalue weighted by molar-refractivity contribution is 5.52. The Balaban J connectivity index is 1.77. The van der Waals surface area contributed by atoms with Gasteiger partial charge in [0.1, 0.15) is 0 Å². The van der Waals surface area contributed by atoms with Crippen LogP contribution < -0.4 is 5.32 Å². The van der Waals surface area contributed by atoms with Crippen molar-refractivity contribution >= 4 is 6.08 Å². The maximum Gasteiger partial charge on any atom is 0.0771 e. The van der Waals surface area contributed by atoms with E-state index in [0.29, 0.717) is 6.54 Å². The maximum atomic E-state index is 10.4. The number of aliphatic hydroxyl groups is 1. The van der Waals surface area contributed by atoms with E-state index in [1.54, 1.807) is 0 Å². The second-order valence-corrected chi connectivity index (χ2v) is 5.79. The molecule has 19 heavy (non-hydrogen) atoms. The summed E-state index contributed by atoms with van der Waals surface area (Å²) in [4.78, 5) is 0. The summed E-state index contributed by atoms with van der Waals surface area (Å²) in [6.45, 7) is 3.69. The van der Waals surface area contributed by atoms with Crippen molar-refractivity contribution in [2.75, 3.05) is 13.1 Å². The molecule has 1 fully saturated rings. The zero-order valence-corrected chi connectivity index (χ0v) is 11.9. The van der Waals surface area contributed by atoms with Crippen molar-refractivity contribution in [3.05, 3.63) is 41.5 Å². The van der Waals surface area contributed by atoms with E-state index in [2.05, 4.69) is 42.6 Å². The lowest BCUT2D eigenvalue weighted by molar-refractivity contribution is 0.00564. The molecule has 0 amide bonds. The van der Waals surface area contributed by atoms with Gasteiger partial charge in [-0.2, -0.15) is 0 Å². The lowest BCUT2D eigenvalue weighted by atomic mass is 9.85. The van der Waals surface area contributed by atoms with E-state index in [4.69, 9.17) is 0 Å². The zero-order valence-electron chi connectivity index (χ0n) is 11.9. The minimum atomic E-state index is -0.467. The average Bonchev–Trinajstić information content (AvgIpc) is 2.40. The summed E-state index contributed by atoms with van der Waals surface area (Å²) in [6.07, 6.45) is 7.68. The molecule has 0 heterocycles. The highest BCUT2D eigenvalue weighted by Gasteiger charge is 2.28. The van der Waals surface area contributed by atoms with Crippen LogP contribution in [0.2, 0.25) is 0 Å². The summed E-state index contributed by atoms with van der Waals surface area (Å²) in [5.41, 5.74) is 2.06. The number of hydrogen-bond donors (Lipinski definition) is 2. The van der Waals surface area contributed by atoms with Gasteiger partial charge in [-0.25, -0.2) is 0 Å². The quantitative estimate of drug-likeness (QED) is 0.849. The molecule has 2 rings (SSSR count). The average molecular weight is 259 g/mol. The Kier molecular flexibility index (Phi) is 5.17. The molecule has 0 atom stereocenters. The molecule has 2 N–H and O–H groups in total. The molecule has 1 aliphatic carbocycles. The van der Waals surface area contributed by atoms with Crippen LogP contribution >= 0.6 is 0 Å². The van der Waals surface area contributed by atoms with Gasteiger partial charge in [-0.15, -0.1) is 0 Å². The summed E-state index contributed by atoms with van der Waals surface area (Å²) in [5, 5.41) is 13.8. The molecular formula is C17H25NO. The van der Waals surface area contributed by atoms with Crippen LogP contribution in [0.25, 0.3) is 6.08 Å². The fourth-order valence-electron chi connectivity index (χ4n) is 2.76. The molecule has 1 aromatic rings. The van der Waals surface area contributed by atoms with Crippen LogP contribution in [0.5, 0.6) is 0 Å². The van der Waals surface area contributed by atoms with Crippen molar-refractivity contribution in [2.24, 2.45) is 0 Å². The smallest absolute Gasteiger partial charge is 0.0771 e. The first kappa shape index (κ1) is 14.3. The predicted octanol–water partition coefficient (Wildman–Crippen LogP) is 3.37. The van der Waals surface area contributed by atoms with Gasteiger partial charge in [0.05, 0.1) is 5.60 Å². The van der Waals surface area contributed by atoms with Gasteiger partial charge >= 0.3 is 0 Å². The van der Waals surface area contributed by atoms with E-state index < -0.39 is 5.60 Å². The highest BCUT2D eigenvalue weighted by Crippen LogP contribution is 2.27. The summed E-state index contributed by atoms with van der Waals surface area (Å²) in [7, 11) is 0. The molecule has 1 aliphatic rings. The second kappa shape index (κ2) is 6.88. The van der Waals surface area contributed by atoms with Crippen LogP contribution in [0.15, 0.2) is 35.9 Å². The fourth-order valence-corrected chi connectivity index (χ4v) is 2.76. The van der Waals surface area contributed by atoms with Gasteiger partial charge in [0.15, 0.2) is 0 Å². The third kappa shape index (κ3) is 4.81. The Morgan fingerprint density at radius 3 is 2.58 bits per heavy atom. The summed E-state index contributed by atoms with van der Waals surface area (Å²) < 4.78 is 0. The molecule has 104 valence electrons. The molecule has 2 heteroatoms. The molecule has 1 saturated carbocycles. The van der Waals surface area contributed by atoms with E-state index in [1.165, 1.54) is 17.6 Å². The number of benzene rings is 1. The highest BCUT2D eigenvalue weighted by atomic mass is 16.3. The van der Waals surface area contributed by atoms with Crippen LogP contribution in [0, 0.1) is 0 Å². The number of hydrogen-bond acceptors (Lipinski definition) is 2. The molecule has 0 radical (unpaired) electrons. The second-order valence-electron chi connectivity index (χ2n) is 5.79. The van der Waals surface area contributed by atoms with Crippen LogP contribution in [-0.4, -0.2) is 23.8 Å². The molecule has 0 aromatic heterocycles. The fraction of sp³-hybridized carbons (Fsp3) is 0.529. The summed E-state index contributed by atoms with van der Waals surface area (Å²) >= 11 is 0. The standard InChI is InChI=1S/C17H25NO/c1-15(12-16-8-4-2-5-9-16)13-18-14-17(19)10-6-3-7-11-17/h2,4-5,8-9,12,18-19H,3,6-7,10-11,13-14H2,1H3/b15-12-. The molecule has 0 aliphatic heterocycles. The zero-order chi connectivity index (χ0) is 13.6. The van der Waals surface area contributed by atoms with Crippen LogP contribution in [0.4, 0.5) is 0 Å². The van der Waals surface area contributed by atoms with Crippen molar-refractivity contribution in [2.45, 2.75) is 44.6 Å². The molecular weight excluding hydrogens is 234 g/mol. The largest absolute Gasteiger partial charge is 0.389 e. The Hall–Kier alpha value is -1.12. The van der Waals surface area contributed by atoms with Crippen molar-refractivity contribution < 1.29 is 5.11 Å². The molecule has 0 bridgehead atoms. The first-order valence-corrected chi connectivity index (χ1v) is 7.33. The van der Waals surface area contributed by atoms with Crippen molar-refractivity contribution in [3.63, 3.8) is 0 Å². The van der Waals surface area contributed by atoms with Gasteiger partial charge in [-0.05, 0) is 25.3 Å². The van der Waals surface area contributed by atoms with Crippen LogP contribution in [0.3, 0.4) is 0 Å². The molecule has 0 spiro atoms. The molecule has 0 saturated heterocycles. The van der Waals surface area contributed by atoms with Gasteiger partial charge in [-0.1, -0.05) is 61.2 Å². The summed E-state index contributed by atoms with van der Waals surface area (Å²) in [6, 6.07) is 10.4. The van der Waals surface area contributed by atoms with Crippen molar-refractivity contribution in [3.8, 4) is 0 Å². The summed E-state index contributed by atoms with van der Waals surface area (Å²) in [5.74, 6) is 0. The van der Waals surface area contributed by atoms with Crippen molar-refractivity contribution in [1.29, 1.82) is 0 Å². The normalized spacial score (nSPS) is 19.4. The number of rotatable bonds is 5. The monoisotopic (exact) mass is 259 g/mol. The third-order valence-electron chi connectivity index (χ3n) is 3.85. The molecule has 1 aromatic carbocycles. The van der Waals surface area contributed by atoms with E-state index in [1.807, 2.05) is 6.07 Å². The lowest BCUT2D eigenvalue weighted by Gasteiger charge is -2.32. The SMILES string of the molecule is C/C(=C/c1ccccc1)CNCC1(O)CCCCC1. The Bertz CT molecular complexity index is 405. The minimum absolute atomic E-state index is 0.467. The Labute approximate surface area is 116 Å². The maximum absolute atomic E-state index is 10.4. The van der Waals surface area contributed by atoms with Crippen LogP contribution in [0.1, 0.15) is 44.6 Å². The molecule has 0 unspecified atom stereocenters. The molecule has 2 nitrogen and oxygen atoms in total. The van der Waals surface area contributed by atoms with Gasteiger partial charge in [-0.3, -0.25) is 0 Å². The third-order valence-corrected chi connectivity index (χ3v) is 3.85. The van der Waals surface area contributed by atoms with Gasteiger partial charge in [0, 0.05) is 13.1 Å². The van der Waals surface area contributed by atoms with Crippen LogP contribution in [-0.2, 0) is 0 Å². The van der Waals surface area contributed by atoms with E-state index in [9.17, 15) is 5.11 Å². The lowest BCUT2D eigenvalue weighted by Crippen LogP contribution is -2.42. The van der Waals surface area contributed by atoms with Gasteiger partial charge in [0.25, 0.3) is 0 Å².